The number of ether oxygens (including phenoxy) is 1. The van der Waals surface area contributed by atoms with Crippen molar-refractivity contribution in [3.63, 3.8) is 0 Å². The highest BCUT2D eigenvalue weighted by Gasteiger charge is 2.33. The van der Waals surface area contributed by atoms with Gasteiger partial charge in [-0.25, -0.2) is 0 Å². The van der Waals surface area contributed by atoms with Gasteiger partial charge in [0.25, 0.3) is 0 Å². The molecule has 0 N–H and O–H groups in total. The van der Waals surface area contributed by atoms with Gasteiger partial charge in [0, 0.05) is 31.5 Å². The van der Waals surface area contributed by atoms with Crippen LogP contribution in [0.4, 0.5) is 18.9 Å². The molecule has 1 saturated heterocycles. The normalized spacial score (nSPS) is 15.3. The zero-order valence-corrected chi connectivity index (χ0v) is 14.2. The van der Waals surface area contributed by atoms with Crippen LogP contribution in [-0.4, -0.2) is 42.5 Å². The van der Waals surface area contributed by atoms with Gasteiger partial charge in [-0.1, -0.05) is 12.1 Å². The summed E-state index contributed by atoms with van der Waals surface area (Å²) >= 11 is 0. The summed E-state index contributed by atoms with van der Waals surface area (Å²) in [5.74, 6) is 0.578. The number of nitrogens with zero attached hydrogens (tertiary/aromatic N) is 3. The number of carbonyl (C=O) groups is 1. The van der Waals surface area contributed by atoms with Gasteiger partial charge in [0.15, 0.2) is 0 Å². The van der Waals surface area contributed by atoms with Crippen molar-refractivity contribution in [3.8, 4) is 5.75 Å². The zero-order valence-electron chi connectivity index (χ0n) is 14.2. The number of piperazine rings is 1. The molecule has 2 aromatic rings. The van der Waals surface area contributed by atoms with Gasteiger partial charge in [0.1, 0.15) is 11.4 Å². The lowest BCUT2D eigenvalue weighted by molar-refractivity contribution is -0.141. The van der Waals surface area contributed by atoms with Crippen LogP contribution in [0.3, 0.4) is 0 Å². The monoisotopic (exact) mass is 365 g/mol. The molecular formula is C18H18F3N3O2. The smallest absolute Gasteiger partial charge is 0.433 e. The fourth-order valence-electron chi connectivity index (χ4n) is 2.86. The third kappa shape index (κ3) is 4.07. The number of halogens is 3. The van der Waals surface area contributed by atoms with Crippen LogP contribution in [0.2, 0.25) is 0 Å². The number of anilines is 1. The van der Waals surface area contributed by atoms with Gasteiger partial charge in [-0.15, -0.1) is 0 Å². The van der Waals surface area contributed by atoms with Crippen molar-refractivity contribution in [3.05, 3.63) is 53.9 Å². The fourth-order valence-corrected chi connectivity index (χ4v) is 2.86. The molecule has 3 rings (SSSR count). The maximum atomic E-state index is 12.8. The Labute approximate surface area is 149 Å². The molecule has 0 unspecified atom stereocenters. The number of methoxy groups -OCH3 is 1. The van der Waals surface area contributed by atoms with Gasteiger partial charge in [-0.2, -0.15) is 13.2 Å². The van der Waals surface area contributed by atoms with Crippen molar-refractivity contribution < 1.29 is 22.7 Å². The number of aromatic nitrogens is 1. The Hall–Kier alpha value is -2.77. The number of alkyl halides is 3. The molecule has 1 aromatic carbocycles. The van der Waals surface area contributed by atoms with Crippen molar-refractivity contribution in [1.29, 1.82) is 0 Å². The second-order valence-electron chi connectivity index (χ2n) is 5.99. The summed E-state index contributed by atoms with van der Waals surface area (Å²) < 4.78 is 43.6. The molecule has 1 aliphatic heterocycles. The summed E-state index contributed by atoms with van der Waals surface area (Å²) in [6.07, 6.45) is -3.39. The minimum Gasteiger partial charge on any atom is -0.497 e. The average Bonchev–Trinajstić information content (AvgIpc) is 2.63. The van der Waals surface area contributed by atoms with Gasteiger partial charge in [0.2, 0.25) is 5.91 Å². The van der Waals surface area contributed by atoms with Crippen LogP contribution in [-0.2, 0) is 17.5 Å². The summed E-state index contributed by atoms with van der Waals surface area (Å²) in [5.41, 5.74) is 0.331. The predicted molar refractivity (Wildman–Crippen MR) is 89.9 cm³/mol. The lowest BCUT2D eigenvalue weighted by atomic mass is 10.1. The molecule has 1 amide bonds. The standard InChI is InChI=1S/C18H18F3N3O2/c1-26-15-4-2-3-13(9-15)11-24-8-7-23(12-17(24)25)14-5-6-22-16(10-14)18(19,20)21/h2-6,9-10H,7-8,11-12H2,1H3. The van der Waals surface area contributed by atoms with E-state index in [0.717, 1.165) is 17.8 Å². The Morgan fingerprint density at radius 1 is 1.19 bits per heavy atom. The first kappa shape index (κ1) is 18.0. The highest BCUT2D eigenvalue weighted by molar-refractivity contribution is 5.82. The fraction of sp³-hybridized carbons (Fsp3) is 0.333. The highest BCUT2D eigenvalue weighted by atomic mass is 19.4. The first-order chi connectivity index (χ1) is 12.4. The third-order valence-corrected chi connectivity index (χ3v) is 4.23. The van der Waals surface area contributed by atoms with Gasteiger partial charge in [-0.05, 0) is 29.8 Å². The van der Waals surface area contributed by atoms with E-state index in [0.29, 0.717) is 31.1 Å². The van der Waals surface area contributed by atoms with Crippen LogP contribution in [0, 0.1) is 0 Å². The number of benzene rings is 1. The quantitative estimate of drug-likeness (QED) is 0.836. The highest BCUT2D eigenvalue weighted by Crippen LogP contribution is 2.30. The Balaban J connectivity index is 1.68. The minimum absolute atomic E-state index is 0.0330. The predicted octanol–water partition coefficient (Wildman–Crippen LogP) is 2.96. The second kappa shape index (κ2) is 7.23. The summed E-state index contributed by atoms with van der Waals surface area (Å²) in [7, 11) is 1.58. The summed E-state index contributed by atoms with van der Waals surface area (Å²) in [6, 6.07) is 9.90. The van der Waals surface area contributed by atoms with E-state index in [1.54, 1.807) is 16.9 Å². The van der Waals surface area contributed by atoms with E-state index in [1.807, 2.05) is 24.3 Å². The largest absolute Gasteiger partial charge is 0.497 e. The Morgan fingerprint density at radius 2 is 2.00 bits per heavy atom. The minimum atomic E-state index is -4.51. The summed E-state index contributed by atoms with van der Waals surface area (Å²) in [4.78, 5) is 19.1. The number of hydrogen-bond acceptors (Lipinski definition) is 4. The molecule has 1 fully saturated rings. The van der Waals surface area contributed by atoms with Crippen LogP contribution in [0.25, 0.3) is 0 Å². The molecule has 26 heavy (non-hydrogen) atoms. The van der Waals surface area contributed by atoms with Crippen LogP contribution in [0.5, 0.6) is 5.75 Å². The van der Waals surface area contributed by atoms with Gasteiger partial charge in [0.05, 0.1) is 13.7 Å². The molecule has 0 aliphatic carbocycles. The lowest BCUT2D eigenvalue weighted by Crippen LogP contribution is -2.50. The molecule has 1 aliphatic rings. The van der Waals surface area contributed by atoms with Crippen LogP contribution < -0.4 is 9.64 Å². The first-order valence-corrected chi connectivity index (χ1v) is 8.06. The number of hydrogen-bond donors (Lipinski definition) is 0. The number of rotatable bonds is 4. The van der Waals surface area contributed by atoms with Crippen molar-refractivity contribution in [1.82, 2.24) is 9.88 Å². The van der Waals surface area contributed by atoms with Crippen molar-refractivity contribution >= 4 is 11.6 Å². The summed E-state index contributed by atoms with van der Waals surface area (Å²) in [5, 5.41) is 0. The van der Waals surface area contributed by atoms with Crippen molar-refractivity contribution in [2.24, 2.45) is 0 Å². The number of carbonyl (C=O) groups excluding carboxylic acids is 1. The van der Waals surface area contributed by atoms with E-state index >= 15 is 0 Å². The molecule has 0 saturated carbocycles. The third-order valence-electron chi connectivity index (χ3n) is 4.23. The van der Waals surface area contributed by atoms with Crippen LogP contribution >= 0.6 is 0 Å². The molecule has 1 aromatic heterocycles. The lowest BCUT2D eigenvalue weighted by Gasteiger charge is -2.35. The summed E-state index contributed by atoms with van der Waals surface area (Å²) in [6.45, 7) is 1.36. The van der Waals surface area contributed by atoms with E-state index in [-0.39, 0.29) is 12.5 Å². The topological polar surface area (TPSA) is 45.7 Å². The Morgan fingerprint density at radius 3 is 2.69 bits per heavy atom. The van der Waals surface area contributed by atoms with Gasteiger partial charge >= 0.3 is 6.18 Å². The molecule has 2 heterocycles. The molecule has 0 atom stereocenters. The van der Waals surface area contributed by atoms with Gasteiger partial charge in [-0.3, -0.25) is 9.78 Å². The SMILES string of the molecule is COc1cccc(CN2CCN(c3ccnc(C(F)(F)F)c3)CC2=O)c1. The Bertz CT molecular complexity index is 795. The molecule has 5 nitrogen and oxygen atoms in total. The molecule has 8 heteroatoms. The van der Waals surface area contributed by atoms with E-state index in [9.17, 15) is 18.0 Å². The van der Waals surface area contributed by atoms with Gasteiger partial charge < -0.3 is 14.5 Å². The van der Waals surface area contributed by atoms with E-state index in [2.05, 4.69) is 4.98 Å². The maximum Gasteiger partial charge on any atom is 0.433 e. The number of pyridine rings is 1. The molecular weight excluding hydrogens is 347 g/mol. The van der Waals surface area contributed by atoms with E-state index in [4.69, 9.17) is 4.74 Å². The molecule has 138 valence electrons. The number of amides is 1. The van der Waals surface area contributed by atoms with Crippen LogP contribution in [0.15, 0.2) is 42.6 Å². The van der Waals surface area contributed by atoms with E-state index in [1.165, 1.54) is 6.07 Å². The first-order valence-electron chi connectivity index (χ1n) is 8.06. The molecule has 0 spiro atoms. The average molecular weight is 365 g/mol. The van der Waals surface area contributed by atoms with Crippen molar-refractivity contribution in [2.45, 2.75) is 12.7 Å². The Kier molecular flexibility index (Phi) is 5.01. The zero-order chi connectivity index (χ0) is 18.7. The van der Waals surface area contributed by atoms with Crippen molar-refractivity contribution in [2.75, 3.05) is 31.6 Å². The maximum absolute atomic E-state index is 12.8. The van der Waals surface area contributed by atoms with E-state index < -0.39 is 11.9 Å². The molecule has 0 bridgehead atoms. The second-order valence-corrected chi connectivity index (χ2v) is 5.99. The van der Waals surface area contributed by atoms with Crippen LogP contribution in [0.1, 0.15) is 11.3 Å². The molecule has 0 radical (unpaired) electrons.